The molecule has 0 saturated carbocycles. The molecule has 3 aromatic rings. The Morgan fingerprint density at radius 3 is 2.34 bits per heavy atom. The van der Waals surface area contributed by atoms with Crippen molar-refractivity contribution in [1.29, 1.82) is 0 Å². The second-order valence-electron chi connectivity index (χ2n) is 7.43. The van der Waals surface area contributed by atoms with Crippen molar-refractivity contribution < 1.29 is 17.9 Å². The molecular formula is C24H27N3O4S. The second kappa shape index (κ2) is 10.3. The molecule has 0 aliphatic heterocycles. The molecule has 0 saturated heterocycles. The quantitative estimate of drug-likeness (QED) is 0.518. The molecule has 3 aromatic carbocycles. The van der Waals surface area contributed by atoms with Gasteiger partial charge in [-0.05, 0) is 50.0 Å². The number of hydrogen-bond donors (Lipinski definition) is 2. The topological polar surface area (TPSA) is 87.7 Å². The zero-order chi connectivity index (χ0) is 23.1. The van der Waals surface area contributed by atoms with Crippen molar-refractivity contribution in [2.75, 3.05) is 32.5 Å². The number of benzene rings is 3. The molecule has 2 N–H and O–H groups in total. The van der Waals surface area contributed by atoms with Crippen LogP contribution < -0.4 is 14.8 Å². The fourth-order valence-corrected chi connectivity index (χ4v) is 4.42. The van der Waals surface area contributed by atoms with Crippen molar-refractivity contribution in [2.45, 2.75) is 10.9 Å². The number of amides is 1. The number of carbonyl (C=O) groups is 1. The summed E-state index contributed by atoms with van der Waals surface area (Å²) in [4.78, 5) is 14.8. The zero-order valence-electron chi connectivity index (χ0n) is 18.3. The SMILES string of the molecule is COc1ccccc1NS(=O)(=O)c1cccc(C(=O)NC[C@H](c2ccccc2)N(C)C)c1. The Labute approximate surface area is 189 Å². The lowest BCUT2D eigenvalue weighted by atomic mass is 10.1. The van der Waals surface area contributed by atoms with Gasteiger partial charge >= 0.3 is 0 Å². The molecule has 7 nitrogen and oxygen atoms in total. The normalized spacial score (nSPS) is 12.2. The van der Waals surface area contributed by atoms with Crippen molar-refractivity contribution in [3.63, 3.8) is 0 Å². The van der Waals surface area contributed by atoms with E-state index in [-0.39, 0.29) is 22.4 Å². The summed E-state index contributed by atoms with van der Waals surface area (Å²) in [6, 6.07) is 22.5. The van der Waals surface area contributed by atoms with Gasteiger partial charge in [-0.1, -0.05) is 48.5 Å². The predicted molar refractivity (Wildman–Crippen MR) is 125 cm³/mol. The fourth-order valence-electron chi connectivity index (χ4n) is 3.30. The lowest BCUT2D eigenvalue weighted by Crippen LogP contribution is -2.34. The highest BCUT2D eigenvalue weighted by atomic mass is 32.2. The number of ether oxygens (including phenoxy) is 1. The number of para-hydroxylation sites is 2. The van der Waals surface area contributed by atoms with Crippen LogP contribution in [0.3, 0.4) is 0 Å². The van der Waals surface area contributed by atoms with Crippen LogP contribution in [0.25, 0.3) is 0 Å². The van der Waals surface area contributed by atoms with Crippen LogP contribution in [0.1, 0.15) is 22.0 Å². The van der Waals surface area contributed by atoms with Gasteiger partial charge in [-0.25, -0.2) is 8.42 Å². The van der Waals surface area contributed by atoms with Gasteiger partial charge < -0.3 is 15.0 Å². The summed E-state index contributed by atoms with van der Waals surface area (Å²) in [6.07, 6.45) is 0. The molecular weight excluding hydrogens is 426 g/mol. The Morgan fingerprint density at radius 1 is 0.969 bits per heavy atom. The van der Waals surface area contributed by atoms with Gasteiger partial charge in [0.2, 0.25) is 0 Å². The van der Waals surface area contributed by atoms with Crippen molar-refractivity contribution in [3.8, 4) is 5.75 Å². The molecule has 0 bridgehead atoms. The first-order valence-corrected chi connectivity index (χ1v) is 11.6. The minimum absolute atomic E-state index is 0.0109. The summed E-state index contributed by atoms with van der Waals surface area (Å²) in [5, 5.41) is 2.91. The second-order valence-corrected chi connectivity index (χ2v) is 9.12. The Balaban J connectivity index is 1.75. The highest BCUT2D eigenvalue weighted by molar-refractivity contribution is 7.92. The third kappa shape index (κ3) is 5.66. The van der Waals surface area contributed by atoms with Gasteiger partial charge in [0.05, 0.1) is 23.7 Å². The molecule has 1 amide bonds. The third-order valence-corrected chi connectivity index (χ3v) is 6.38. The van der Waals surface area contributed by atoms with Gasteiger partial charge in [-0.15, -0.1) is 0 Å². The molecule has 0 spiro atoms. The van der Waals surface area contributed by atoms with Crippen LogP contribution in [0, 0.1) is 0 Å². The Kier molecular flexibility index (Phi) is 7.50. The van der Waals surface area contributed by atoms with E-state index < -0.39 is 10.0 Å². The molecule has 168 valence electrons. The monoisotopic (exact) mass is 453 g/mol. The van der Waals surface area contributed by atoms with E-state index in [1.807, 2.05) is 49.3 Å². The van der Waals surface area contributed by atoms with Gasteiger partial charge in [-0.2, -0.15) is 0 Å². The van der Waals surface area contributed by atoms with Crippen LogP contribution in [0.5, 0.6) is 5.75 Å². The van der Waals surface area contributed by atoms with E-state index >= 15 is 0 Å². The third-order valence-electron chi connectivity index (χ3n) is 5.02. The molecule has 8 heteroatoms. The first-order valence-electron chi connectivity index (χ1n) is 10.1. The van der Waals surface area contributed by atoms with Crippen LogP contribution in [-0.4, -0.2) is 47.0 Å². The minimum Gasteiger partial charge on any atom is -0.495 e. The molecule has 3 rings (SSSR count). The summed E-state index contributed by atoms with van der Waals surface area (Å²) in [5.41, 5.74) is 1.66. The number of nitrogens with one attached hydrogen (secondary N) is 2. The fraction of sp³-hybridized carbons (Fsp3) is 0.208. The summed E-state index contributed by atoms with van der Waals surface area (Å²) >= 11 is 0. The molecule has 0 aromatic heterocycles. The number of carbonyl (C=O) groups excluding carboxylic acids is 1. The van der Waals surface area contributed by atoms with E-state index in [4.69, 9.17) is 4.74 Å². The van der Waals surface area contributed by atoms with Crippen LogP contribution in [0.2, 0.25) is 0 Å². The summed E-state index contributed by atoms with van der Waals surface area (Å²) < 4.78 is 33.5. The summed E-state index contributed by atoms with van der Waals surface area (Å²) in [7, 11) is 1.45. The van der Waals surface area contributed by atoms with E-state index in [9.17, 15) is 13.2 Å². The average molecular weight is 454 g/mol. The van der Waals surface area contributed by atoms with Crippen molar-refractivity contribution in [3.05, 3.63) is 90.0 Å². The van der Waals surface area contributed by atoms with E-state index in [0.29, 0.717) is 18.0 Å². The van der Waals surface area contributed by atoms with Gasteiger partial charge in [0, 0.05) is 12.1 Å². The maximum absolute atomic E-state index is 12.9. The molecule has 0 radical (unpaired) electrons. The first-order chi connectivity index (χ1) is 15.3. The number of sulfonamides is 1. The molecule has 0 fully saturated rings. The largest absolute Gasteiger partial charge is 0.495 e. The summed E-state index contributed by atoms with van der Waals surface area (Å²) in [6.45, 7) is 0.381. The van der Waals surface area contributed by atoms with E-state index in [0.717, 1.165) is 5.56 Å². The highest BCUT2D eigenvalue weighted by Crippen LogP contribution is 2.26. The lowest BCUT2D eigenvalue weighted by molar-refractivity contribution is 0.0941. The Bertz CT molecular complexity index is 1160. The van der Waals surface area contributed by atoms with Crippen molar-refractivity contribution >= 4 is 21.6 Å². The first kappa shape index (κ1) is 23.3. The molecule has 32 heavy (non-hydrogen) atoms. The molecule has 0 aliphatic rings. The predicted octanol–water partition coefficient (Wildman–Crippen LogP) is 3.53. The number of rotatable bonds is 9. The molecule has 0 aliphatic carbocycles. The highest BCUT2D eigenvalue weighted by Gasteiger charge is 2.19. The smallest absolute Gasteiger partial charge is 0.262 e. The molecule has 0 heterocycles. The average Bonchev–Trinajstić information content (AvgIpc) is 2.80. The zero-order valence-corrected chi connectivity index (χ0v) is 19.1. The standard InChI is InChI=1S/C24H27N3O4S/c1-27(2)22(18-10-5-4-6-11-18)17-25-24(28)19-12-9-13-20(16-19)32(29,30)26-21-14-7-8-15-23(21)31-3/h4-16,22,26H,17H2,1-3H3,(H,25,28)/t22-/m1/s1. The van der Waals surface area contributed by atoms with E-state index in [1.54, 1.807) is 36.4 Å². The van der Waals surface area contributed by atoms with Crippen molar-refractivity contribution in [2.24, 2.45) is 0 Å². The number of hydrogen-bond acceptors (Lipinski definition) is 5. The molecule has 1 atom stereocenters. The van der Waals surface area contributed by atoms with Gasteiger partial charge in [0.15, 0.2) is 0 Å². The van der Waals surface area contributed by atoms with Crippen LogP contribution in [0.4, 0.5) is 5.69 Å². The number of methoxy groups -OCH3 is 1. The van der Waals surface area contributed by atoms with Gasteiger partial charge in [0.25, 0.3) is 15.9 Å². The molecule has 0 unspecified atom stereocenters. The van der Waals surface area contributed by atoms with Gasteiger partial charge in [-0.3, -0.25) is 9.52 Å². The Hall–Kier alpha value is -3.36. The van der Waals surface area contributed by atoms with Crippen molar-refractivity contribution in [1.82, 2.24) is 10.2 Å². The van der Waals surface area contributed by atoms with Gasteiger partial charge in [0.1, 0.15) is 5.75 Å². The maximum atomic E-state index is 12.9. The summed E-state index contributed by atoms with van der Waals surface area (Å²) in [5.74, 6) is 0.0581. The number of anilines is 1. The number of nitrogens with zero attached hydrogens (tertiary/aromatic N) is 1. The lowest BCUT2D eigenvalue weighted by Gasteiger charge is -2.25. The van der Waals surface area contributed by atoms with Crippen LogP contribution >= 0.6 is 0 Å². The Morgan fingerprint density at radius 2 is 1.66 bits per heavy atom. The van der Waals surface area contributed by atoms with E-state index in [2.05, 4.69) is 10.0 Å². The maximum Gasteiger partial charge on any atom is 0.262 e. The van der Waals surface area contributed by atoms with Crippen LogP contribution in [0.15, 0.2) is 83.8 Å². The van der Waals surface area contributed by atoms with Crippen LogP contribution in [-0.2, 0) is 10.0 Å². The minimum atomic E-state index is -3.91. The van der Waals surface area contributed by atoms with E-state index in [1.165, 1.54) is 19.2 Å². The number of likely N-dealkylation sites (N-methyl/N-ethyl adjacent to an activating group) is 1.